The largest absolute Gasteiger partial charge is 0.489 e. The number of aryl methyl sites for hydroxylation is 1. The van der Waals surface area contributed by atoms with Crippen LogP contribution >= 0.6 is 0 Å². The molecule has 0 saturated heterocycles. The van der Waals surface area contributed by atoms with Gasteiger partial charge in [0.05, 0.1) is 6.61 Å². The number of pyridine rings is 1. The molecule has 0 amide bonds. The summed E-state index contributed by atoms with van der Waals surface area (Å²) in [6.45, 7) is 2.33. The molecule has 0 radical (unpaired) electrons. The number of ether oxygens (including phenoxy) is 1. The van der Waals surface area contributed by atoms with Gasteiger partial charge in [-0.15, -0.1) is 0 Å². The van der Waals surface area contributed by atoms with Gasteiger partial charge in [-0.05, 0) is 43.9 Å². The first-order chi connectivity index (χ1) is 12.3. The predicted octanol–water partition coefficient (Wildman–Crippen LogP) is 1.97. The predicted molar refractivity (Wildman–Crippen MR) is 98.2 cm³/mol. The summed E-state index contributed by atoms with van der Waals surface area (Å²) < 4.78 is 21.3. The van der Waals surface area contributed by atoms with Crippen molar-refractivity contribution in [2.45, 2.75) is 25.6 Å². The molecule has 1 aromatic heterocycles. The van der Waals surface area contributed by atoms with E-state index in [1.165, 1.54) is 22.8 Å². The minimum Gasteiger partial charge on any atom is -0.489 e. The Balaban J connectivity index is 1.88. The first-order valence-corrected chi connectivity index (χ1v) is 8.63. The molecule has 26 heavy (non-hydrogen) atoms. The maximum Gasteiger partial charge on any atom is 0.258 e. The second kappa shape index (κ2) is 5.95. The highest BCUT2D eigenvalue weighted by Crippen LogP contribution is 2.31. The fraction of sp³-hybridized carbons (Fsp3) is 0.368. The molecule has 6 nitrogen and oxygen atoms in total. The monoisotopic (exact) mass is 356 g/mol. The van der Waals surface area contributed by atoms with Crippen molar-refractivity contribution in [3.63, 3.8) is 0 Å². The van der Waals surface area contributed by atoms with Gasteiger partial charge in [0.25, 0.3) is 5.56 Å². The number of allylic oxidation sites excluding steroid dienone is 1. The van der Waals surface area contributed by atoms with Crippen molar-refractivity contribution in [2.75, 3.05) is 6.61 Å². The first kappa shape index (κ1) is 16.8. The van der Waals surface area contributed by atoms with E-state index < -0.39 is 11.6 Å². The van der Waals surface area contributed by atoms with Gasteiger partial charge in [-0.2, -0.15) is 0 Å². The Labute approximate surface area is 150 Å². The molecule has 1 aromatic carbocycles. The lowest BCUT2D eigenvalue weighted by atomic mass is 10.0. The Morgan fingerprint density at radius 2 is 2.19 bits per heavy atom. The summed E-state index contributed by atoms with van der Waals surface area (Å²) in [5, 5.41) is 3.91. The van der Waals surface area contributed by atoms with Crippen LogP contribution in [0.3, 0.4) is 0 Å². The van der Waals surface area contributed by atoms with E-state index in [1.54, 1.807) is 26.4 Å². The number of fused-ring (bicyclic) bond motifs is 1. The smallest absolute Gasteiger partial charge is 0.258 e. The SMILES string of the molecule is Cn1cc(C2=NC(C)(N)NC=C2OCC2CC2)c2cc(F)ccc2c1=O. The van der Waals surface area contributed by atoms with Gasteiger partial charge in [0.15, 0.2) is 11.5 Å². The third-order valence-corrected chi connectivity index (χ3v) is 4.64. The van der Waals surface area contributed by atoms with Crippen LogP contribution in [0.4, 0.5) is 4.39 Å². The van der Waals surface area contributed by atoms with Crippen LogP contribution < -0.4 is 16.6 Å². The zero-order valence-corrected chi connectivity index (χ0v) is 14.8. The number of hydrogen-bond acceptors (Lipinski definition) is 5. The lowest BCUT2D eigenvalue weighted by Crippen LogP contribution is -2.50. The Kier molecular flexibility index (Phi) is 3.84. The molecule has 2 heterocycles. The maximum atomic E-state index is 13.9. The summed E-state index contributed by atoms with van der Waals surface area (Å²) in [5.41, 5.74) is 7.07. The summed E-state index contributed by atoms with van der Waals surface area (Å²) in [6.07, 6.45) is 5.67. The molecule has 0 bridgehead atoms. The molecule has 1 saturated carbocycles. The van der Waals surface area contributed by atoms with E-state index in [0.29, 0.717) is 40.3 Å². The number of rotatable bonds is 4. The number of hydrogen-bond donors (Lipinski definition) is 2. The lowest BCUT2D eigenvalue weighted by molar-refractivity contribution is 0.210. The number of nitrogens with one attached hydrogen (secondary N) is 1. The molecule has 1 aliphatic carbocycles. The molecule has 3 N–H and O–H groups in total. The molecule has 2 aromatic rings. The number of nitrogens with two attached hydrogens (primary N) is 1. The molecule has 2 aliphatic rings. The fourth-order valence-electron chi connectivity index (χ4n) is 3.02. The zero-order chi connectivity index (χ0) is 18.5. The van der Waals surface area contributed by atoms with Crippen molar-refractivity contribution in [2.24, 2.45) is 23.7 Å². The van der Waals surface area contributed by atoms with Gasteiger partial charge in [-0.25, -0.2) is 9.38 Å². The summed E-state index contributed by atoms with van der Waals surface area (Å²) >= 11 is 0. The molecular weight excluding hydrogens is 335 g/mol. The van der Waals surface area contributed by atoms with Gasteiger partial charge in [0.1, 0.15) is 11.5 Å². The van der Waals surface area contributed by atoms with Crippen molar-refractivity contribution in [1.29, 1.82) is 0 Å². The zero-order valence-electron chi connectivity index (χ0n) is 14.8. The van der Waals surface area contributed by atoms with Crippen LogP contribution in [-0.4, -0.2) is 22.7 Å². The number of aliphatic imine (C=N–C) groups is 1. The average Bonchev–Trinajstić information content (AvgIpc) is 3.41. The highest BCUT2D eigenvalue weighted by atomic mass is 19.1. The summed E-state index contributed by atoms with van der Waals surface area (Å²) in [7, 11) is 1.66. The maximum absolute atomic E-state index is 13.9. The van der Waals surface area contributed by atoms with Gasteiger partial charge in [-0.1, -0.05) is 0 Å². The van der Waals surface area contributed by atoms with Crippen LogP contribution in [0.2, 0.25) is 0 Å². The molecule has 7 heteroatoms. The third kappa shape index (κ3) is 3.10. The Morgan fingerprint density at radius 1 is 1.42 bits per heavy atom. The van der Waals surface area contributed by atoms with E-state index in [-0.39, 0.29) is 5.56 Å². The normalized spacial score (nSPS) is 22.6. The van der Waals surface area contributed by atoms with E-state index in [9.17, 15) is 9.18 Å². The van der Waals surface area contributed by atoms with Crippen LogP contribution in [0.5, 0.6) is 0 Å². The van der Waals surface area contributed by atoms with Crippen molar-refractivity contribution < 1.29 is 9.13 Å². The molecule has 1 atom stereocenters. The van der Waals surface area contributed by atoms with E-state index >= 15 is 0 Å². The van der Waals surface area contributed by atoms with Gasteiger partial charge >= 0.3 is 0 Å². The van der Waals surface area contributed by atoms with Crippen molar-refractivity contribution in [1.82, 2.24) is 9.88 Å². The minimum atomic E-state index is -1.02. The molecule has 1 unspecified atom stereocenters. The molecule has 4 rings (SSSR count). The topological polar surface area (TPSA) is 81.6 Å². The molecule has 1 fully saturated rings. The molecular formula is C19H21FN4O2. The number of aromatic nitrogens is 1. The Hall–Kier alpha value is -2.67. The number of nitrogens with zero attached hydrogens (tertiary/aromatic N) is 2. The Morgan fingerprint density at radius 3 is 2.92 bits per heavy atom. The second-order valence-electron chi connectivity index (χ2n) is 7.16. The van der Waals surface area contributed by atoms with Crippen LogP contribution in [0, 0.1) is 11.7 Å². The van der Waals surface area contributed by atoms with Crippen molar-refractivity contribution >= 4 is 16.5 Å². The van der Waals surface area contributed by atoms with Gasteiger partial charge in [-0.3, -0.25) is 10.5 Å². The molecule has 136 valence electrons. The van der Waals surface area contributed by atoms with E-state index in [2.05, 4.69) is 10.3 Å². The van der Waals surface area contributed by atoms with Crippen LogP contribution in [0.15, 0.2) is 46.1 Å². The quantitative estimate of drug-likeness (QED) is 0.878. The van der Waals surface area contributed by atoms with Gasteiger partial charge in [0, 0.05) is 35.8 Å². The number of halogens is 1. The molecule has 0 spiro atoms. The average molecular weight is 356 g/mol. The lowest BCUT2D eigenvalue weighted by Gasteiger charge is -2.28. The van der Waals surface area contributed by atoms with Crippen LogP contribution in [-0.2, 0) is 11.8 Å². The summed E-state index contributed by atoms with van der Waals surface area (Å²) in [5.74, 6) is -0.320. The van der Waals surface area contributed by atoms with Crippen molar-refractivity contribution in [3.8, 4) is 0 Å². The first-order valence-electron chi connectivity index (χ1n) is 8.63. The van der Waals surface area contributed by atoms with Crippen molar-refractivity contribution in [3.05, 3.63) is 58.1 Å². The highest BCUT2D eigenvalue weighted by molar-refractivity contribution is 6.18. The van der Waals surface area contributed by atoms with E-state index in [1.807, 2.05) is 0 Å². The highest BCUT2D eigenvalue weighted by Gasteiger charge is 2.29. The van der Waals surface area contributed by atoms with E-state index in [0.717, 1.165) is 12.8 Å². The standard InChI is InChI=1S/C19H21FN4O2/c1-19(21)22-8-16(26-10-11-3-4-11)17(23-19)15-9-24(2)18(25)13-6-5-12(20)7-14(13)15/h5-9,11,22H,3-4,10,21H2,1-2H3. The van der Waals surface area contributed by atoms with Gasteiger partial charge in [0.2, 0.25) is 0 Å². The van der Waals surface area contributed by atoms with E-state index in [4.69, 9.17) is 10.5 Å². The summed E-state index contributed by atoms with van der Waals surface area (Å²) in [4.78, 5) is 17.0. The second-order valence-corrected chi connectivity index (χ2v) is 7.16. The third-order valence-electron chi connectivity index (χ3n) is 4.64. The van der Waals surface area contributed by atoms with Gasteiger partial charge < -0.3 is 14.6 Å². The minimum absolute atomic E-state index is 0.196. The summed E-state index contributed by atoms with van der Waals surface area (Å²) in [6, 6.07) is 4.13. The molecule has 1 aliphatic heterocycles. The van der Waals surface area contributed by atoms with Crippen LogP contribution in [0.25, 0.3) is 10.8 Å². The number of benzene rings is 1. The fourth-order valence-corrected chi connectivity index (χ4v) is 3.02. The Bertz CT molecular complexity index is 1000. The van der Waals surface area contributed by atoms with Crippen LogP contribution in [0.1, 0.15) is 25.3 Å².